The first kappa shape index (κ1) is 14.8. The molecule has 2 saturated carbocycles. The van der Waals surface area contributed by atoms with Gasteiger partial charge in [-0.05, 0) is 65.5 Å². The number of nitrogens with one attached hydrogen (secondary N) is 1. The Kier molecular flexibility index (Phi) is 4.68. The summed E-state index contributed by atoms with van der Waals surface area (Å²) in [5.41, 5.74) is 0.301. The van der Waals surface area contributed by atoms with Crippen LogP contribution in [-0.2, 0) is 4.74 Å². The predicted molar refractivity (Wildman–Crippen MR) is 83.0 cm³/mol. The van der Waals surface area contributed by atoms with Crippen molar-refractivity contribution < 1.29 is 4.74 Å². The van der Waals surface area contributed by atoms with E-state index in [9.17, 15) is 0 Å². The second-order valence-electron chi connectivity index (χ2n) is 7.40. The summed E-state index contributed by atoms with van der Waals surface area (Å²) in [5, 5.41) is 3.43. The van der Waals surface area contributed by atoms with Crippen molar-refractivity contribution in [3.05, 3.63) is 0 Å². The van der Waals surface area contributed by atoms with Crippen LogP contribution in [0.1, 0.15) is 64.2 Å². The largest absolute Gasteiger partial charge is 0.370 e. The van der Waals surface area contributed by atoms with Gasteiger partial charge in [0, 0.05) is 18.6 Å². The normalized spacial score (nSPS) is 37.0. The minimum atomic E-state index is 0.301. The van der Waals surface area contributed by atoms with Crippen molar-refractivity contribution in [3.8, 4) is 0 Å². The second kappa shape index (κ2) is 6.33. The Morgan fingerprint density at radius 1 is 1.05 bits per heavy atom. The number of hydrogen-bond acceptors (Lipinski definition) is 3. The van der Waals surface area contributed by atoms with Gasteiger partial charge in [-0.25, -0.2) is 0 Å². The predicted octanol–water partition coefficient (Wildman–Crippen LogP) is 2.94. The molecule has 2 aliphatic carbocycles. The van der Waals surface area contributed by atoms with Crippen LogP contribution >= 0.6 is 0 Å². The molecule has 1 atom stereocenters. The van der Waals surface area contributed by atoms with E-state index in [0.717, 1.165) is 18.6 Å². The van der Waals surface area contributed by atoms with Gasteiger partial charge < -0.3 is 15.0 Å². The Labute approximate surface area is 124 Å². The van der Waals surface area contributed by atoms with E-state index in [-0.39, 0.29) is 0 Å². The van der Waals surface area contributed by atoms with Crippen molar-refractivity contribution in [2.75, 3.05) is 20.6 Å². The average Bonchev–Trinajstić information content (AvgIpc) is 3.09. The van der Waals surface area contributed by atoms with Crippen molar-refractivity contribution in [3.63, 3.8) is 0 Å². The van der Waals surface area contributed by atoms with E-state index in [1.54, 1.807) is 0 Å². The van der Waals surface area contributed by atoms with Gasteiger partial charge in [0.15, 0.2) is 0 Å². The summed E-state index contributed by atoms with van der Waals surface area (Å²) < 4.78 is 6.46. The Balaban J connectivity index is 1.44. The van der Waals surface area contributed by atoms with Crippen molar-refractivity contribution >= 4 is 0 Å². The van der Waals surface area contributed by atoms with E-state index in [1.807, 2.05) is 0 Å². The second-order valence-corrected chi connectivity index (χ2v) is 7.40. The zero-order valence-electron chi connectivity index (χ0n) is 13.4. The Morgan fingerprint density at radius 2 is 1.75 bits per heavy atom. The first-order chi connectivity index (χ1) is 9.71. The van der Waals surface area contributed by atoms with Gasteiger partial charge in [-0.15, -0.1) is 0 Å². The molecule has 3 rings (SSSR count). The summed E-state index contributed by atoms with van der Waals surface area (Å²) in [6.45, 7) is 1.15. The number of nitrogens with zero attached hydrogens (tertiary/aromatic N) is 1. The van der Waals surface area contributed by atoms with E-state index in [2.05, 4.69) is 24.3 Å². The molecule has 1 saturated heterocycles. The standard InChI is InChI=1S/C17H32N2O/c1-18-14-5-7-15(8-6-14)19(2)13-16-9-12-17(20-16)10-3-4-11-17/h14-16,18H,3-13H2,1-2H3. The summed E-state index contributed by atoms with van der Waals surface area (Å²) in [4.78, 5) is 2.59. The van der Waals surface area contributed by atoms with Gasteiger partial charge in [0.1, 0.15) is 0 Å². The smallest absolute Gasteiger partial charge is 0.0710 e. The summed E-state index contributed by atoms with van der Waals surface area (Å²) in [7, 11) is 4.41. The van der Waals surface area contributed by atoms with E-state index < -0.39 is 0 Å². The Bertz CT molecular complexity index is 306. The molecule has 3 heteroatoms. The maximum Gasteiger partial charge on any atom is 0.0710 e. The van der Waals surface area contributed by atoms with E-state index in [4.69, 9.17) is 4.74 Å². The lowest BCUT2D eigenvalue weighted by molar-refractivity contribution is -0.0499. The number of ether oxygens (including phenoxy) is 1. The first-order valence-corrected chi connectivity index (χ1v) is 8.76. The fourth-order valence-electron chi connectivity index (χ4n) is 4.69. The molecular weight excluding hydrogens is 248 g/mol. The highest BCUT2D eigenvalue weighted by atomic mass is 16.5. The molecule has 116 valence electrons. The number of likely N-dealkylation sites (N-methyl/N-ethyl adjacent to an activating group) is 1. The summed E-state index contributed by atoms with van der Waals surface area (Å²) in [5.74, 6) is 0. The third-order valence-corrected chi connectivity index (χ3v) is 6.07. The molecule has 1 N–H and O–H groups in total. The highest BCUT2D eigenvalue weighted by Crippen LogP contribution is 2.43. The minimum Gasteiger partial charge on any atom is -0.370 e. The molecule has 0 aromatic carbocycles. The molecule has 1 spiro atoms. The van der Waals surface area contributed by atoms with Gasteiger partial charge >= 0.3 is 0 Å². The van der Waals surface area contributed by atoms with Crippen molar-refractivity contribution in [1.82, 2.24) is 10.2 Å². The van der Waals surface area contributed by atoms with Crippen molar-refractivity contribution in [1.29, 1.82) is 0 Å². The molecule has 3 aliphatic rings. The zero-order chi connectivity index (χ0) is 14.0. The molecule has 0 bridgehead atoms. The molecule has 1 unspecified atom stereocenters. The van der Waals surface area contributed by atoms with Crippen LogP contribution in [0.15, 0.2) is 0 Å². The molecule has 0 radical (unpaired) electrons. The van der Waals surface area contributed by atoms with Crippen LogP contribution in [0.4, 0.5) is 0 Å². The summed E-state index contributed by atoms with van der Waals surface area (Å²) in [6.07, 6.45) is 13.9. The molecule has 0 aromatic heterocycles. The molecule has 1 aliphatic heterocycles. The van der Waals surface area contributed by atoms with Crippen LogP contribution in [0.2, 0.25) is 0 Å². The Morgan fingerprint density at radius 3 is 2.40 bits per heavy atom. The lowest BCUT2D eigenvalue weighted by Gasteiger charge is -2.36. The van der Waals surface area contributed by atoms with Gasteiger partial charge in [-0.1, -0.05) is 12.8 Å². The monoisotopic (exact) mass is 280 g/mol. The van der Waals surface area contributed by atoms with Gasteiger partial charge in [0.05, 0.1) is 11.7 Å². The van der Waals surface area contributed by atoms with Crippen LogP contribution in [0.3, 0.4) is 0 Å². The highest BCUT2D eigenvalue weighted by Gasteiger charge is 2.42. The molecule has 0 amide bonds. The van der Waals surface area contributed by atoms with Gasteiger partial charge in [0.25, 0.3) is 0 Å². The fourth-order valence-corrected chi connectivity index (χ4v) is 4.69. The maximum atomic E-state index is 6.46. The molecule has 3 fully saturated rings. The average molecular weight is 280 g/mol. The third kappa shape index (κ3) is 3.20. The van der Waals surface area contributed by atoms with Crippen molar-refractivity contribution in [2.24, 2.45) is 0 Å². The molecule has 3 nitrogen and oxygen atoms in total. The SMILES string of the molecule is CNC1CCC(N(C)CC2CCC3(CCCC3)O2)CC1. The fraction of sp³-hybridized carbons (Fsp3) is 1.00. The quantitative estimate of drug-likeness (QED) is 0.857. The Hall–Kier alpha value is -0.120. The van der Waals surface area contributed by atoms with Gasteiger partial charge in [0.2, 0.25) is 0 Å². The molecule has 1 heterocycles. The van der Waals surface area contributed by atoms with Crippen LogP contribution in [-0.4, -0.2) is 49.3 Å². The van der Waals surface area contributed by atoms with Gasteiger partial charge in [-0.2, -0.15) is 0 Å². The minimum absolute atomic E-state index is 0.301. The first-order valence-electron chi connectivity index (χ1n) is 8.76. The lowest BCUT2D eigenvalue weighted by Crippen LogP contribution is -2.43. The van der Waals surface area contributed by atoms with E-state index >= 15 is 0 Å². The molecular formula is C17H32N2O. The summed E-state index contributed by atoms with van der Waals surface area (Å²) >= 11 is 0. The van der Waals surface area contributed by atoms with Crippen LogP contribution in [0.5, 0.6) is 0 Å². The van der Waals surface area contributed by atoms with Crippen LogP contribution < -0.4 is 5.32 Å². The summed E-state index contributed by atoms with van der Waals surface area (Å²) in [6, 6.07) is 1.53. The molecule has 20 heavy (non-hydrogen) atoms. The van der Waals surface area contributed by atoms with E-state index in [1.165, 1.54) is 64.2 Å². The number of hydrogen-bond donors (Lipinski definition) is 1. The van der Waals surface area contributed by atoms with E-state index in [0.29, 0.717) is 11.7 Å². The van der Waals surface area contributed by atoms with Gasteiger partial charge in [-0.3, -0.25) is 0 Å². The molecule has 0 aromatic rings. The van der Waals surface area contributed by atoms with Crippen LogP contribution in [0.25, 0.3) is 0 Å². The lowest BCUT2D eigenvalue weighted by atomic mass is 9.90. The third-order valence-electron chi connectivity index (χ3n) is 6.07. The topological polar surface area (TPSA) is 24.5 Å². The number of rotatable bonds is 4. The maximum absolute atomic E-state index is 6.46. The van der Waals surface area contributed by atoms with Crippen molar-refractivity contribution in [2.45, 2.75) is 88.0 Å². The zero-order valence-corrected chi connectivity index (χ0v) is 13.4. The van der Waals surface area contributed by atoms with Crippen LogP contribution in [0, 0.1) is 0 Å². The highest BCUT2D eigenvalue weighted by molar-refractivity contribution is 4.94.